The average Bonchev–Trinajstić information content (AvgIpc) is 3.17. The molecule has 1 fully saturated rings. The molecule has 1 saturated heterocycles. The first kappa shape index (κ1) is 13.5. The molecule has 4 nitrogen and oxygen atoms in total. The molecule has 0 bridgehead atoms. The molecule has 0 aliphatic carbocycles. The normalized spacial score (nSPS) is 19.4. The molecule has 2 heterocycles. The van der Waals surface area contributed by atoms with E-state index in [4.69, 9.17) is 13.9 Å². The van der Waals surface area contributed by atoms with Gasteiger partial charge in [0.05, 0.1) is 12.3 Å². The molecule has 2 aromatic rings. The quantitative estimate of drug-likeness (QED) is 0.633. The third-order valence-corrected chi connectivity index (χ3v) is 3.31. The van der Waals surface area contributed by atoms with Crippen molar-refractivity contribution < 1.29 is 18.7 Å². The summed E-state index contributed by atoms with van der Waals surface area (Å²) in [4.78, 5) is 11.8. The predicted octanol–water partition coefficient (Wildman–Crippen LogP) is 3.76. The van der Waals surface area contributed by atoms with Gasteiger partial charge < -0.3 is 13.9 Å². The summed E-state index contributed by atoms with van der Waals surface area (Å²) in [6, 6.07) is 13.3. The first-order valence-corrected chi connectivity index (χ1v) is 6.92. The first-order valence-electron chi connectivity index (χ1n) is 6.92. The van der Waals surface area contributed by atoms with Gasteiger partial charge in [-0.2, -0.15) is 0 Å². The van der Waals surface area contributed by atoms with Gasteiger partial charge in [0.1, 0.15) is 18.1 Å². The summed E-state index contributed by atoms with van der Waals surface area (Å²) < 4.78 is 16.2. The third-order valence-electron chi connectivity index (χ3n) is 3.31. The van der Waals surface area contributed by atoms with Crippen molar-refractivity contribution in [3.63, 3.8) is 0 Å². The molecule has 108 valence electrons. The molecule has 0 N–H and O–H groups in total. The minimum Gasteiger partial charge on any atom is -0.487 e. The Morgan fingerprint density at radius 3 is 2.86 bits per heavy atom. The summed E-state index contributed by atoms with van der Waals surface area (Å²) in [5, 5.41) is 0. The Kier molecular flexibility index (Phi) is 4.05. The number of rotatable bonds is 4. The molecule has 3 rings (SSSR count). The maximum Gasteiger partial charge on any atom is 0.334 e. The summed E-state index contributed by atoms with van der Waals surface area (Å²) >= 11 is 0. The van der Waals surface area contributed by atoms with Gasteiger partial charge in [0.25, 0.3) is 0 Å². The van der Waals surface area contributed by atoms with Crippen molar-refractivity contribution in [1.29, 1.82) is 0 Å². The molecule has 0 amide bonds. The molecule has 0 spiro atoms. The average molecular weight is 284 g/mol. The van der Waals surface area contributed by atoms with E-state index in [2.05, 4.69) is 0 Å². The Labute approximate surface area is 123 Å². The molecule has 1 aliphatic heterocycles. The van der Waals surface area contributed by atoms with Gasteiger partial charge in [0, 0.05) is 6.42 Å². The SMILES string of the molecule is O=C(/C=C1/CC[C@H](c2ccco2)O1)OCc1ccccc1. The van der Waals surface area contributed by atoms with Crippen LogP contribution in [0.15, 0.2) is 65.0 Å². The third kappa shape index (κ3) is 3.54. The maximum atomic E-state index is 11.8. The molecule has 21 heavy (non-hydrogen) atoms. The van der Waals surface area contributed by atoms with E-state index in [-0.39, 0.29) is 18.7 Å². The van der Waals surface area contributed by atoms with Crippen LogP contribution in [0.5, 0.6) is 0 Å². The van der Waals surface area contributed by atoms with E-state index in [1.165, 1.54) is 6.08 Å². The van der Waals surface area contributed by atoms with Gasteiger partial charge in [-0.05, 0) is 24.1 Å². The van der Waals surface area contributed by atoms with E-state index < -0.39 is 0 Å². The predicted molar refractivity (Wildman–Crippen MR) is 76.1 cm³/mol. The van der Waals surface area contributed by atoms with Gasteiger partial charge in [-0.15, -0.1) is 0 Å². The zero-order chi connectivity index (χ0) is 14.5. The largest absolute Gasteiger partial charge is 0.487 e. The lowest BCUT2D eigenvalue weighted by molar-refractivity contribution is -0.139. The van der Waals surface area contributed by atoms with Gasteiger partial charge in [-0.1, -0.05) is 30.3 Å². The molecule has 0 saturated carbocycles. The van der Waals surface area contributed by atoms with Crippen LogP contribution in [0.1, 0.15) is 30.3 Å². The number of ether oxygens (including phenoxy) is 2. The van der Waals surface area contributed by atoms with Gasteiger partial charge in [-0.25, -0.2) is 4.79 Å². The Morgan fingerprint density at radius 1 is 1.24 bits per heavy atom. The molecule has 1 aliphatic rings. The van der Waals surface area contributed by atoms with Crippen LogP contribution in [-0.2, 0) is 20.9 Å². The van der Waals surface area contributed by atoms with Crippen molar-refractivity contribution in [1.82, 2.24) is 0 Å². The highest BCUT2D eigenvalue weighted by Crippen LogP contribution is 2.34. The van der Waals surface area contributed by atoms with Gasteiger partial charge in [-0.3, -0.25) is 0 Å². The van der Waals surface area contributed by atoms with Gasteiger partial charge in [0.2, 0.25) is 0 Å². The fourth-order valence-electron chi connectivity index (χ4n) is 2.26. The molecule has 4 heteroatoms. The molecule has 1 aromatic carbocycles. The van der Waals surface area contributed by atoms with Gasteiger partial charge >= 0.3 is 5.97 Å². The fraction of sp³-hybridized carbons (Fsp3) is 0.235. The lowest BCUT2D eigenvalue weighted by atomic mass is 10.2. The maximum absolute atomic E-state index is 11.8. The number of carbonyl (C=O) groups is 1. The van der Waals surface area contributed by atoms with Crippen molar-refractivity contribution in [2.24, 2.45) is 0 Å². The van der Waals surface area contributed by atoms with Crippen LogP contribution in [0.4, 0.5) is 0 Å². The highest BCUT2D eigenvalue weighted by atomic mass is 16.5. The summed E-state index contributed by atoms with van der Waals surface area (Å²) in [7, 11) is 0. The van der Waals surface area contributed by atoms with Crippen LogP contribution in [0.3, 0.4) is 0 Å². The minimum atomic E-state index is -0.381. The Balaban J connectivity index is 1.52. The smallest absolute Gasteiger partial charge is 0.334 e. The van der Waals surface area contributed by atoms with E-state index in [9.17, 15) is 4.79 Å². The summed E-state index contributed by atoms with van der Waals surface area (Å²) in [6.45, 7) is 0.269. The number of benzene rings is 1. The number of carbonyl (C=O) groups excluding carboxylic acids is 1. The summed E-state index contributed by atoms with van der Waals surface area (Å²) in [5.74, 6) is 1.06. The lowest BCUT2D eigenvalue weighted by Crippen LogP contribution is -2.02. The molecule has 0 radical (unpaired) electrons. The Morgan fingerprint density at radius 2 is 2.10 bits per heavy atom. The first-order chi connectivity index (χ1) is 10.3. The van der Waals surface area contributed by atoms with Crippen molar-refractivity contribution in [2.75, 3.05) is 0 Å². The number of hydrogen-bond donors (Lipinski definition) is 0. The van der Waals surface area contributed by atoms with E-state index in [1.54, 1.807) is 6.26 Å². The second-order valence-corrected chi connectivity index (χ2v) is 4.86. The van der Waals surface area contributed by atoms with Gasteiger partial charge in [0.15, 0.2) is 6.10 Å². The molecular formula is C17H16O4. The highest BCUT2D eigenvalue weighted by molar-refractivity contribution is 5.82. The minimum absolute atomic E-state index is 0.104. The molecule has 0 unspecified atom stereocenters. The van der Waals surface area contributed by atoms with Crippen LogP contribution in [0.25, 0.3) is 0 Å². The van der Waals surface area contributed by atoms with Crippen LogP contribution in [0, 0.1) is 0 Å². The van der Waals surface area contributed by atoms with Crippen LogP contribution < -0.4 is 0 Å². The van der Waals surface area contributed by atoms with Crippen molar-refractivity contribution in [2.45, 2.75) is 25.6 Å². The van der Waals surface area contributed by atoms with Crippen molar-refractivity contribution >= 4 is 5.97 Å². The number of esters is 1. The number of allylic oxidation sites excluding steroid dienone is 1. The Hall–Kier alpha value is -2.49. The lowest BCUT2D eigenvalue weighted by Gasteiger charge is -2.07. The fourth-order valence-corrected chi connectivity index (χ4v) is 2.26. The highest BCUT2D eigenvalue weighted by Gasteiger charge is 2.25. The van der Waals surface area contributed by atoms with Crippen LogP contribution in [-0.4, -0.2) is 5.97 Å². The van der Waals surface area contributed by atoms with E-state index >= 15 is 0 Å². The number of hydrogen-bond acceptors (Lipinski definition) is 4. The molecule has 1 atom stereocenters. The summed E-state index contributed by atoms with van der Waals surface area (Å²) in [5.41, 5.74) is 0.963. The zero-order valence-corrected chi connectivity index (χ0v) is 11.5. The topological polar surface area (TPSA) is 48.7 Å². The molecule has 1 aromatic heterocycles. The van der Waals surface area contributed by atoms with E-state index in [0.29, 0.717) is 12.2 Å². The van der Waals surface area contributed by atoms with Crippen molar-refractivity contribution in [3.05, 3.63) is 71.9 Å². The Bertz CT molecular complexity index is 614. The zero-order valence-electron chi connectivity index (χ0n) is 11.5. The summed E-state index contributed by atoms with van der Waals surface area (Å²) in [6.07, 6.45) is 4.46. The molecular weight excluding hydrogens is 268 g/mol. The van der Waals surface area contributed by atoms with E-state index in [1.807, 2.05) is 42.5 Å². The van der Waals surface area contributed by atoms with E-state index in [0.717, 1.165) is 17.7 Å². The van der Waals surface area contributed by atoms with Crippen molar-refractivity contribution in [3.8, 4) is 0 Å². The van der Waals surface area contributed by atoms with Crippen LogP contribution >= 0.6 is 0 Å². The number of furan rings is 1. The second-order valence-electron chi connectivity index (χ2n) is 4.86. The monoisotopic (exact) mass is 284 g/mol. The second kappa shape index (κ2) is 6.31. The standard InChI is InChI=1S/C17H16O4/c18-17(20-12-13-5-2-1-3-6-13)11-14-8-9-16(21-14)15-7-4-10-19-15/h1-7,10-11,16H,8-9,12H2/b14-11-/t16-/m1/s1. The van der Waals surface area contributed by atoms with Crippen LogP contribution in [0.2, 0.25) is 0 Å².